The summed E-state index contributed by atoms with van der Waals surface area (Å²) >= 11 is 0. The highest BCUT2D eigenvalue weighted by molar-refractivity contribution is 6.02. The number of rotatable bonds is 4. The number of alkyl halides is 1. The van der Waals surface area contributed by atoms with E-state index in [9.17, 15) is 14.0 Å². The Labute approximate surface area is 87.7 Å². The Hall–Kier alpha value is -0.970. The predicted molar refractivity (Wildman–Crippen MR) is 50.1 cm³/mol. The molecule has 0 aromatic carbocycles. The summed E-state index contributed by atoms with van der Waals surface area (Å²) < 4.78 is 22.8. The van der Waals surface area contributed by atoms with E-state index in [1.54, 1.807) is 6.92 Å². The zero-order valence-electron chi connectivity index (χ0n) is 8.70. The van der Waals surface area contributed by atoms with Gasteiger partial charge >= 0.3 is 5.97 Å². The smallest absolute Gasteiger partial charge is 0.348 e. The van der Waals surface area contributed by atoms with E-state index < -0.39 is 23.8 Å². The van der Waals surface area contributed by atoms with Crippen molar-refractivity contribution in [1.29, 1.82) is 0 Å². The summed E-state index contributed by atoms with van der Waals surface area (Å²) in [6, 6.07) is 0. The lowest BCUT2D eigenvalue weighted by Crippen LogP contribution is -2.35. The molecule has 1 saturated heterocycles. The molecule has 0 aromatic heterocycles. The van der Waals surface area contributed by atoms with E-state index in [0.29, 0.717) is 26.1 Å². The lowest BCUT2D eigenvalue weighted by molar-refractivity contribution is -0.154. The van der Waals surface area contributed by atoms with Crippen LogP contribution in [-0.4, -0.2) is 37.7 Å². The van der Waals surface area contributed by atoms with Gasteiger partial charge in [0.1, 0.15) is 0 Å². The summed E-state index contributed by atoms with van der Waals surface area (Å²) in [6.07, 6.45) is -1.16. The van der Waals surface area contributed by atoms with Crippen LogP contribution in [0.4, 0.5) is 4.39 Å². The van der Waals surface area contributed by atoms with Crippen molar-refractivity contribution in [2.75, 3.05) is 19.8 Å². The minimum Gasteiger partial charge on any atom is -0.463 e. The van der Waals surface area contributed by atoms with Gasteiger partial charge in [0.05, 0.1) is 6.61 Å². The molecule has 0 aromatic rings. The third kappa shape index (κ3) is 3.27. The van der Waals surface area contributed by atoms with Crippen LogP contribution in [0.5, 0.6) is 0 Å². The number of Topliss-reactive ketones (excluding diaryl/α,β-unsaturated/α-hetero) is 1. The fourth-order valence-corrected chi connectivity index (χ4v) is 1.52. The van der Waals surface area contributed by atoms with Gasteiger partial charge in [0, 0.05) is 19.1 Å². The molecule has 1 aliphatic rings. The summed E-state index contributed by atoms with van der Waals surface area (Å²) in [4.78, 5) is 22.5. The summed E-state index contributed by atoms with van der Waals surface area (Å²) in [5.41, 5.74) is 0. The van der Waals surface area contributed by atoms with Crippen molar-refractivity contribution in [3.8, 4) is 0 Å². The van der Waals surface area contributed by atoms with Gasteiger partial charge in [-0.25, -0.2) is 9.18 Å². The highest BCUT2D eigenvalue weighted by atomic mass is 19.1. The third-order valence-electron chi connectivity index (χ3n) is 2.37. The Balaban J connectivity index is 2.47. The van der Waals surface area contributed by atoms with Crippen LogP contribution in [0.15, 0.2) is 0 Å². The highest BCUT2D eigenvalue weighted by Crippen LogP contribution is 2.18. The number of carbonyl (C=O) groups is 2. The number of esters is 1. The van der Waals surface area contributed by atoms with Crippen LogP contribution in [-0.2, 0) is 19.1 Å². The van der Waals surface area contributed by atoms with Gasteiger partial charge in [0.25, 0.3) is 6.17 Å². The maximum atomic E-state index is 13.3. The van der Waals surface area contributed by atoms with Gasteiger partial charge in [-0.05, 0) is 19.8 Å². The average Bonchev–Trinajstić information content (AvgIpc) is 2.28. The molecule has 5 heteroatoms. The molecule has 0 radical (unpaired) electrons. The van der Waals surface area contributed by atoms with Crippen molar-refractivity contribution < 1.29 is 23.5 Å². The lowest BCUT2D eigenvalue weighted by atomic mass is 9.93. The zero-order valence-corrected chi connectivity index (χ0v) is 8.70. The summed E-state index contributed by atoms with van der Waals surface area (Å²) in [5, 5.41) is 0. The van der Waals surface area contributed by atoms with E-state index in [4.69, 9.17) is 4.74 Å². The molecule has 0 saturated carbocycles. The molecule has 4 nitrogen and oxygen atoms in total. The molecule has 1 aliphatic heterocycles. The van der Waals surface area contributed by atoms with Crippen molar-refractivity contribution >= 4 is 11.8 Å². The molecular weight excluding hydrogens is 203 g/mol. The largest absolute Gasteiger partial charge is 0.463 e. The second kappa shape index (κ2) is 5.80. The second-order valence-corrected chi connectivity index (χ2v) is 3.40. The molecule has 0 spiro atoms. The van der Waals surface area contributed by atoms with Crippen molar-refractivity contribution in [2.45, 2.75) is 25.9 Å². The number of halogens is 1. The minimum absolute atomic E-state index is 0.0836. The van der Waals surface area contributed by atoms with Crippen molar-refractivity contribution in [2.24, 2.45) is 5.92 Å². The third-order valence-corrected chi connectivity index (χ3v) is 2.37. The molecular formula is C10H15FO4. The fourth-order valence-electron chi connectivity index (χ4n) is 1.52. The van der Waals surface area contributed by atoms with Crippen molar-refractivity contribution in [1.82, 2.24) is 0 Å². The first-order valence-corrected chi connectivity index (χ1v) is 5.09. The van der Waals surface area contributed by atoms with Crippen molar-refractivity contribution in [3.63, 3.8) is 0 Å². The van der Waals surface area contributed by atoms with E-state index in [0.717, 1.165) is 0 Å². The predicted octanol–water partition coefficient (Wildman–Crippen LogP) is 0.883. The van der Waals surface area contributed by atoms with E-state index in [1.807, 2.05) is 0 Å². The molecule has 1 rings (SSSR count). The number of carbonyl (C=O) groups excluding carboxylic acids is 2. The van der Waals surface area contributed by atoms with Crippen LogP contribution in [0, 0.1) is 5.92 Å². The SMILES string of the molecule is CCOC(=O)C(F)C(=O)C1CCOCC1. The fraction of sp³-hybridized carbons (Fsp3) is 0.800. The topological polar surface area (TPSA) is 52.6 Å². The van der Waals surface area contributed by atoms with Crippen LogP contribution in [0.3, 0.4) is 0 Å². The van der Waals surface area contributed by atoms with Gasteiger partial charge < -0.3 is 9.47 Å². The minimum atomic E-state index is -2.13. The quantitative estimate of drug-likeness (QED) is 0.519. The number of hydrogen-bond acceptors (Lipinski definition) is 4. The van der Waals surface area contributed by atoms with E-state index >= 15 is 0 Å². The Bertz CT molecular complexity index is 236. The molecule has 1 atom stereocenters. The first-order valence-electron chi connectivity index (χ1n) is 5.09. The number of ketones is 1. The maximum Gasteiger partial charge on any atom is 0.348 e. The molecule has 0 amide bonds. The molecule has 0 N–H and O–H groups in total. The normalized spacial score (nSPS) is 19.6. The van der Waals surface area contributed by atoms with Gasteiger partial charge in [0.15, 0.2) is 5.78 Å². The lowest BCUT2D eigenvalue weighted by Gasteiger charge is -2.21. The van der Waals surface area contributed by atoms with E-state index in [1.165, 1.54) is 0 Å². The Kier molecular flexibility index (Phi) is 4.68. The molecule has 15 heavy (non-hydrogen) atoms. The van der Waals surface area contributed by atoms with Gasteiger partial charge in [-0.3, -0.25) is 4.79 Å². The van der Waals surface area contributed by atoms with Crippen LogP contribution in [0.2, 0.25) is 0 Å². The molecule has 1 heterocycles. The monoisotopic (exact) mass is 218 g/mol. The van der Waals surface area contributed by atoms with E-state index in [2.05, 4.69) is 4.74 Å². The van der Waals surface area contributed by atoms with Gasteiger partial charge in [-0.1, -0.05) is 0 Å². The Morgan fingerprint density at radius 1 is 1.47 bits per heavy atom. The van der Waals surface area contributed by atoms with Gasteiger partial charge in [0.2, 0.25) is 0 Å². The molecule has 86 valence electrons. The summed E-state index contributed by atoms with van der Waals surface area (Å²) in [7, 11) is 0. The van der Waals surface area contributed by atoms with Crippen LogP contribution in [0.25, 0.3) is 0 Å². The van der Waals surface area contributed by atoms with Crippen LogP contribution >= 0.6 is 0 Å². The first kappa shape index (κ1) is 12.1. The molecule has 0 bridgehead atoms. The number of hydrogen-bond donors (Lipinski definition) is 0. The van der Waals surface area contributed by atoms with Crippen molar-refractivity contribution in [3.05, 3.63) is 0 Å². The molecule has 1 unspecified atom stereocenters. The molecule has 0 aliphatic carbocycles. The van der Waals surface area contributed by atoms with E-state index in [-0.39, 0.29) is 6.61 Å². The second-order valence-electron chi connectivity index (χ2n) is 3.40. The zero-order chi connectivity index (χ0) is 11.3. The van der Waals surface area contributed by atoms with Gasteiger partial charge in [-0.15, -0.1) is 0 Å². The Morgan fingerprint density at radius 2 is 2.07 bits per heavy atom. The van der Waals surface area contributed by atoms with Crippen LogP contribution in [0.1, 0.15) is 19.8 Å². The Morgan fingerprint density at radius 3 is 2.60 bits per heavy atom. The first-order chi connectivity index (χ1) is 7.16. The summed E-state index contributed by atoms with van der Waals surface area (Å²) in [6.45, 7) is 2.56. The maximum absolute atomic E-state index is 13.3. The average molecular weight is 218 g/mol. The highest BCUT2D eigenvalue weighted by Gasteiger charge is 2.34. The summed E-state index contributed by atoms with van der Waals surface area (Å²) in [5.74, 6) is -2.15. The van der Waals surface area contributed by atoms with Gasteiger partial charge in [-0.2, -0.15) is 0 Å². The standard InChI is InChI=1S/C10H15FO4/c1-2-15-10(13)8(11)9(12)7-3-5-14-6-4-7/h7-8H,2-6H2,1H3. The number of ether oxygens (including phenoxy) is 2. The van der Waals surface area contributed by atoms with Crippen LogP contribution < -0.4 is 0 Å². The molecule has 1 fully saturated rings.